The zero-order valence-electron chi connectivity index (χ0n) is 14.0. The molecule has 126 valence electrons. The van der Waals surface area contributed by atoms with Gasteiger partial charge in [0.15, 0.2) is 11.5 Å². The summed E-state index contributed by atoms with van der Waals surface area (Å²) in [5.41, 5.74) is 1.84. The summed E-state index contributed by atoms with van der Waals surface area (Å²) in [6, 6.07) is 13.0. The van der Waals surface area contributed by atoms with Crippen LogP contribution in [-0.2, 0) is 11.3 Å². The molecule has 0 saturated carbocycles. The van der Waals surface area contributed by atoms with Gasteiger partial charge < -0.3 is 14.4 Å². The fraction of sp³-hybridized carbons (Fsp3) is 0.211. The monoisotopic (exact) mass is 345 g/mol. The van der Waals surface area contributed by atoms with Crippen LogP contribution in [0.4, 0.5) is 0 Å². The Kier molecular flexibility index (Phi) is 6.27. The molecule has 0 aliphatic heterocycles. The van der Waals surface area contributed by atoms with Crippen molar-refractivity contribution < 1.29 is 14.3 Å². The van der Waals surface area contributed by atoms with Crippen molar-refractivity contribution in [2.75, 3.05) is 21.3 Å². The number of hydrogen-bond acceptors (Lipinski definition) is 3. The molecule has 2 aromatic rings. The molecule has 0 atom stereocenters. The van der Waals surface area contributed by atoms with E-state index in [0.29, 0.717) is 23.1 Å². The van der Waals surface area contributed by atoms with E-state index in [4.69, 9.17) is 21.1 Å². The van der Waals surface area contributed by atoms with Gasteiger partial charge in [-0.15, -0.1) is 0 Å². The van der Waals surface area contributed by atoms with Crippen LogP contribution in [0.1, 0.15) is 11.1 Å². The predicted octanol–water partition coefficient (Wildman–Crippen LogP) is 4.03. The molecule has 0 spiro atoms. The second kappa shape index (κ2) is 8.41. The lowest BCUT2D eigenvalue weighted by molar-refractivity contribution is -0.125. The molecule has 4 nitrogen and oxygen atoms in total. The maximum absolute atomic E-state index is 12.2. The van der Waals surface area contributed by atoms with Crippen LogP contribution in [0.25, 0.3) is 6.08 Å². The van der Waals surface area contributed by atoms with E-state index in [-0.39, 0.29) is 5.91 Å². The van der Waals surface area contributed by atoms with E-state index in [1.54, 1.807) is 38.3 Å². The summed E-state index contributed by atoms with van der Waals surface area (Å²) in [4.78, 5) is 13.9. The SMILES string of the molecule is COc1ccc(/C=C/C(=O)N(C)Cc2cccc(Cl)c2)cc1OC. The van der Waals surface area contributed by atoms with Gasteiger partial charge in [0.1, 0.15) is 0 Å². The molecule has 0 N–H and O–H groups in total. The van der Waals surface area contributed by atoms with Crippen molar-refractivity contribution in [3.05, 3.63) is 64.7 Å². The number of halogens is 1. The lowest BCUT2D eigenvalue weighted by Crippen LogP contribution is -2.24. The molecule has 0 fully saturated rings. The summed E-state index contributed by atoms with van der Waals surface area (Å²) in [5, 5.41) is 0.661. The highest BCUT2D eigenvalue weighted by atomic mass is 35.5. The number of nitrogens with zero attached hydrogens (tertiary/aromatic N) is 1. The lowest BCUT2D eigenvalue weighted by atomic mass is 10.1. The minimum absolute atomic E-state index is 0.0928. The minimum Gasteiger partial charge on any atom is -0.493 e. The maximum atomic E-state index is 12.2. The maximum Gasteiger partial charge on any atom is 0.246 e. The molecular formula is C19H20ClNO3. The van der Waals surface area contributed by atoms with Gasteiger partial charge in [-0.2, -0.15) is 0 Å². The number of ether oxygens (including phenoxy) is 2. The molecule has 1 amide bonds. The highest BCUT2D eigenvalue weighted by Gasteiger charge is 2.07. The highest BCUT2D eigenvalue weighted by molar-refractivity contribution is 6.30. The number of likely N-dealkylation sites (N-methyl/N-ethyl adjacent to an activating group) is 1. The van der Waals surface area contributed by atoms with Crippen LogP contribution in [0.2, 0.25) is 5.02 Å². The van der Waals surface area contributed by atoms with Crippen LogP contribution >= 0.6 is 11.6 Å². The number of hydrogen-bond donors (Lipinski definition) is 0. The second-order valence-electron chi connectivity index (χ2n) is 5.27. The van der Waals surface area contributed by atoms with Crippen molar-refractivity contribution in [1.82, 2.24) is 4.90 Å². The molecule has 0 aliphatic rings. The van der Waals surface area contributed by atoms with Crippen molar-refractivity contribution in [3.8, 4) is 11.5 Å². The Morgan fingerprint density at radius 2 is 1.88 bits per heavy atom. The Labute approximate surface area is 147 Å². The quantitative estimate of drug-likeness (QED) is 0.742. The smallest absolute Gasteiger partial charge is 0.246 e. The number of carbonyl (C=O) groups is 1. The summed E-state index contributed by atoms with van der Waals surface area (Å²) in [7, 11) is 4.92. The topological polar surface area (TPSA) is 38.8 Å². The zero-order valence-corrected chi connectivity index (χ0v) is 14.7. The third-order valence-corrected chi connectivity index (χ3v) is 3.75. The zero-order chi connectivity index (χ0) is 17.5. The molecule has 0 radical (unpaired) electrons. The predicted molar refractivity (Wildman–Crippen MR) is 96.5 cm³/mol. The first-order chi connectivity index (χ1) is 11.5. The number of amides is 1. The Hall–Kier alpha value is -2.46. The molecule has 0 unspecified atom stereocenters. The Morgan fingerprint density at radius 1 is 1.12 bits per heavy atom. The third-order valence-electron chi connectivity index (χ3n) is 3.51. The molecular weight excluding hydrogens is 326 g/mol. The summed E-state index contributed by atoms with van der Waals surface area (Å²) in [6.07, 6.45) is 3.28. The van der Waals surface area contributed by atoms with Gasteiger partial charge in [0.25, 0.3) is 0 Å². The van der Waals surface area contributed by atoms with Crippen molar-refractivity contribution in [2.45, 2.75) is 6.54 Å². The molecule has 0 aromatic heterocycles. The highest BCUT2D eigenvalue weighted by Crippen LogP contribution is 2.28. The molecule has 0 heterocycles. The molecule has 0 bridgehead atoms. The van der Waals surface area contributed by atoms with Gasteiger partial charge in [0.05, 0.1) is 14.2 Å². The largest absolute Gasteiger partial charge is 0.493 e. The Balaban J connectivity index is 2.04. The van der Waals surface area contributed by atoms with Crippen LogP contribution in [0.15, 0.2) is 48.5 Å². The van der Waals surface area contributed by atoms with Crippen molar-refractivity contribution in [3.63, 3.8) is 0 Å². The molecule has 0 saturated heterocycles. The van der Waals surface area contributed by atoms with Crippen LogP contribution in [-0.4, -0.2) is 32.1 Å². The van der Waals surface area contributed by atoms with E-state index in [2.05, 4.69) is 0 Å². The van der Waals surface area contributed by atoms with E-state index in [1.807, 2.05) is 36.4 Å². The second-order valence-corrected chi connectivity index (χ2v) is 5.71. The number of carbonyl (C=O) groups excluding carboxylic acids is 1. The van der Waals surface area contributed by atoms with Gasteiger partial charge in [0, 0.05) is 24.7 Å². The van der Waals surface area contributed by atoms with Crippen molar-refractivity contribution in [1.29, 1.82) is 0 Å². The Bertz CT molecular complexity index is 743. The molecule has 5 heteroatoms. The lowest BCUT2D eigenvalue weighted by Gasteiger charge is -2.15. The fourth-order valence-corrected chi connectivity index (χ4v) is 2.45. The molecule has 24 heavy (non-hydrogen) atoms. The van der Waals surface area contributed by atoms with E-state index in [0.717, 1.165) is 11.1 Å². The average molecular weight is 346 g/mol. The normalized spacial score (nSPS) is 10.7. The first kappa shape index (κ1) is 17.9. The van der Waals surface area contributed by atoms with Crippen molar-refractivity contribution in [2.24, 2.45) is 0 Å². The van der Waals surface area contributed by atoms with E-state index >= 15 is 0 Å². The Morgan fingerprint density at radius 3 is 2.54 bits per heavy atom. The average Bonchev–Trinajstić information content (AvgIpc) is 2.59. The summed E-state index contributed by atoms with van der Waals surface area (Å²) in [5.74, 6) is 1.18. The summed E-state index contributed by atoms with van der Waals surface area (Å²) >= 11 is 5.96. The molecule has 2 aromatic carbocycles. The van der Waals surface area contributed by atoms with Gasteiger partial charge in [-0.25, -0.2) is 0 Å². The minimum atomic E-state index is -0.0928. The van der Waals surface area contributed by atoms with Gasteiger partial charge in [-0.1, -0.05) is 29.8 Å². The molecule has 2 rings (SSSR count). The fourth-order valence-electron chi connectivity index (χ4n) is 2.24. The van der Waals surface area contributed by atoms with E-state index in [9.17, 15) is 4.79 Å². The van der Waals surface area contributed by atoms with Crippen LogP contribution in [0.5, 0.6) is 11.5 Å². The van der Waals surface area contributed by atoms with Crippen LogP contribution < -0.4 is 9.47 Å². The number of methoxy groups -OCH3 is 2. The summed E-state index contributed by atoms with van der Waals surface area (Å²) < 4.78 is 10.5. The van der Waals surface area contributed by atoms with E-state index < -0.39 is 0 Å². The van der Waals surface area contributed by atoms with Gasteiger partial charge in [0.2, 0.25) is 5.91 Å². The number of rotatable bonds is 6. The van der Waals surface area contributed by atoms with Gasteiger partial charge in [-0.3, -0.25) is 4.79 Å². The number of benzene rings is 2. The first-order valence-corrected chi connectivity index (χ1v) is 7.81. The van der Waals surface area contributed by atoms with Crippen molar-refractivity contribution >= 4 is 23.6 Å². The summed E-state index contributed by atoms with van der Waals surface area (Å²) in [6.45, 7) is 0.496. The third kappa shape index (κ3) is 4.77. The first-order valence-electron chi connectivity index (χ1n) is 7.43. The van der Waals surface area contributed by atoms with E-state index in [1.165, 1.54) is 6.08 Å². The molecule has 0 aliphatic carbocycles. The van der Waals surface area contributed by atoms with Crippen LogP contribution in [0, 0.1) is 0 Å². The van der Waals surface area contributed by atoms with Gasteiger partial charge in [-0.05, 0) is 41.5 Å². The standard InChI is InChI=1S/C19H20ClNO3/c1-21(13-15-5-4-6-16(20)11-15)19(22)10-8-14-7-9-17(23-2)18(12-14)24-3/h4-12H,13H2,1-3H3/b10-8+. The van der Waals surface area contributed by atoms with Gasteiger partial charge >= 0.3 is 0 Å². The van der Waals surface area contributed by atoms with Crippen LogP contribution in [0.3, 0.4) is 0 Å².